The first kappa shape index (κ1) is 22.4. The molecule has 1 heterocycles. The molecule has 3 unspecified atom stereocenters. The maximum atomic E-state index is 10.5. The van der Waals surface area contributed by atoms with E-state index in [0.29, 0.717) is 18.5 Å². The van der Waals surface area contributed by atoms with Crippen molar-refractivity contribution in [3.05, 3.63) is 0 Å². The van der Waals surface area contributed by atoms with Crippen LogP contribution < -0.4 is 10.6 Å². The molecular formula is C18H36IN3OS. The van der Waals surface area contributed by atoms with Crippen LogP contribution in [0, 0.1) is 11.8 Å². The minimum atomic E-state index is -0.606. The van der Waals surface area contributed by atoms with Crippen LogP contribution >= 0.6 is 35.7 Å². The Labute approximate surface area is 169 Å². The molecule has 0 bridgehead atoms. The van der Waals surface area contributed by atoms with E-state index < -0.39 is 5.60 Å². The number of hydrogen-bond donors (Lipinski definition) is 3. The van der Waals surface area contributed by atoms with Crippen LogP contribution in [0.3, 0.4) is 0 Å². The van der Waals surface area contributed by atoms with E-state index in [4.69, 9.17) is 0 Å². The van der Waals surface area contributed by atoms with E-state index in [1.165, 1.54) is 32.1 Å². The van der Waals surface area contributed by atoms with Crippen molar-refractivity contribution < 1.29 is 5.11 Å². The molecule has 142 valence electrons. The SMILES string of the molecule is CCNC(=NCC1(O)CCSC1)NC(C)C(C)C1CCCCC1.I. The Bertz CT molecular complexity index is 382. The highest BCUT2D eigenvalue weighted by Crippen LogP contribution is 2.31. The second kappa shape index (κ2) is 11.1. The van der Waals surface area contributed by atoms with Crippen LogP contribution in [0.1, 0.15) is 59.3 Å². The summed E-state index contributed by atoms with van der Waals surface area (Å²) in [5.41, 5.74) is -0.606. The fraction of sp³-hybridized carbons (Fsp3) is 0.944. The molecule has 24 heavy (non-hydrogen) atoms. The summed E-state index contributed by atoms with van der Waals surface area (Å²) in [7, 11) is 0. The number of rotatable bonds is 6. The van der Waals surface area contributed by atoms with E-state index in [-0.39, 0.29) is 24.0 Å². The van der Waals surface area contributed by atoms with Gasteiger partial charge in [-0.2, -0.15) is 11.8 Å². The lowest BCUT2D eigenvalue weighted by atomic mass is 9.78. The minimum absolute atomic E-state index is 0. The van der Waals surface area contributed by atoms with Gasteiger partial charge in [0.2, 0.25) is 0 Å². The van der Waals surface area contributed by atoms with Gasteiger partial charge in [-0.25, -0.2) is 0 Å². The molecule has 0 spiro atoms. The van der Waals surface area contributed by atoms with Gasteiger partial charge in [0.15, 0.2) is 5.96 Å². The van der Waals surface area contributed by atoms with Crippen LogP contribution in [-0.2, 0) is 0 Å². The van der Waals surface area contributed by atoms with Crippen molar-refractivity contribution in [2.75, 3.05) is 24.6 Å². The van der Waals surface area contributed by atoms with Crippen molar-refractivity contribution in [3.8, 4) is 0 Å². The monoisotopic (exact) mass is 469 g/mol. The summed E-state index contributed by atoms with van der Waals surface area (Å²) in [6.45, 7) is 8.08. The standard InChI is InChI=1S/C18H35N3OS.HI/c1-4-19-17(20-12-18(22)10-11-23-13-18)21-15(3)14(2)16-8-6-5-7-9-16;/h14-16,22H,4-13H2,1-3H3,(H2,19,20,21);1H. The third-order valence-corrected chi connectivity index (χ3v) is 6.74. The molecule has 1 aliphatic heterocycles. The molecule has 3 N–H and O–H groups in total. The number of hydrogen-bond acceptors (Lipinski definition) is 3. The number of aliphatic hydroxyl groups is 1. The summed E-state index contributed by atoms with van der Waals surface area (Å²) in [6.07, 6.45) is 7.79. The van der Waals surface area contributed by atoms with Crippen molar-refractivity contribution in [1.82, 2.24) is 10.6 Å². The maximum Gasteiger partial charge on any atom is 0.191 e. The van der Waals surface area contributed by atoms with Crippen LogP contribution in [0.4, 0.5) is 0 Å². The molecule has 0 aromatic rings. The zero-order chi connectivity index (χ0) is 16.7. The Morgan fingerprint density at radius 1 is 1.29 bits per heavy atom. The van der Waals surface area contributed by atoms with Crippen molar-refractivity contribution in [2.45, 2.75) is 70.9 Å². The molecule has 2 fully saturated rings. The predicted molar refractivity (Wildman–Crippen MR) is 117 cm³/mol. The normalized spacial score (nSPS) is 28.1. The summed E-state index contributed by atoms with van der Waals surface area (Å²) >= 11 is 1.82. The van der Waals surface area contributed by atoms with Crippen LogP contribution in [0.25, 0.3) is 0 Å². The van der Waals surface area contributed by atoms with E-state index in [9.17, 15) is 5.11 Å². The molecule has 6 heteroatoms. The van der Waals surface area contributed by atoms with E-state index in [2.05, 4.69) is 36.4 Å². The number of nitrogens with one attached hydrogen (secondary N) is 2. The number of halogens is 1. The molecule has 4 nitrogen and oxygen atoms in total. The first-order chi connectivity index (χ1) is 11.0. The van der Waals surface area contributed by atoms with Crippen molar-refractivity contribution in [1.29, 1.82) is 0 Å². The van der Waals surface area contributed by atoms with Crippen LogP contribution in [-0.4, -0.2) is 47.3 Å². The third kappa shape index (κ3) is 6.90. The van der Waals surface area contributed by atoms with E-state index in [1.807, 2.05) is 11.8 Å². The molecule has 0 aromatic heterocycles. The van der Waals surface area contributed by atoms with Gasteiger partial charge in [0.1, 0.15) is 0 Å². The Kier molecular flexibility index (Phi) is 10.4. The average molecular weight is 469 g/mol. The fourth-order valence-corrected chi connectivity index (χ4v) is 4.97. The average Bonchev–Trinajstić information content (AvgIpc) is 3.00. The lowest BCUT2D eigenvalue weighted by Crippen LogP contribution is -2.47. The van der Waals surface area contributed by atoms with E-state index in [1.54, 1.807) is 0 Å². The zero-order valence-corrected chi connectivity index (χ0v) is 18.7. The Balaban J connectivity index is 0.00000288. The summed E-state index contributed by atoms with van der Waals surface area (Å²) < 4.78 is 0. The third-order valence-electron chi connectivity index (χ3n) is 5.50. The topological polar surface area (TPSA) is 56.7 Å². The molecule has 2 aliphatic rings. The van der Waals surface area contributed by atoms with Gasteiger partial charge in [0, 0.05) is 18.3 Å². The number of aliphatic imine (C=N–C) groups is 1. The molecule has 2 rings (SSSR count). The highest BCUT2D eigenvalue weighted by atomic mass is 127. The number of nitrogens with zero attached hydrogens (tertiary/aromatic N) is 1. The molecular weight excluding hydrogens is 433 g/mol. The first-order valence-electron chi connectivity index (χ1n) is 9.39. The van der Waals surface area contributed by atoms with Gasteiger partial charge in [-0.3, -0.25) is 4.99 Å². The second-order valence-electron chi connectivity index (χ2n) is 7.41. The molecule has 0 amide bonds. The predicted octanol–water partition coefficient (Wildman–Crippen LogP) is 3.63. The summed E-state index contributed by atoms with van der Waals surface area (Å²) in [5.74, 6) is 4.21. The Morgan fingerprint density at radius 3 is 2.58 bits per heavy atom. The summed E-state index contributed by atoms with van der Waals surface area (Å²) in [4.78, 5) is 4.67. The lowest BCUT2D eigenvalue weighted by Gasteiger charge is -2.33. The van der Waals surface area contributed by atoms with Gasteiger partial charge in [-0.1, -0.05) is 39.0 Å². The summed E-state index contributed by atoms with van der Waals surface area (Å²) in [6, 6.07) is 0.406. The van der Waals surface area contributed by atoms with Crippen molar-refractivity contribution in [3.63, 3.8) is 0 Å². The van der Waals surface area contributed by atoms with Crippen LogP contribution in [0.2, 0.25) is 0 Å². The Hall–Kier alpha value is 0.310. The highest BCUT2D eigenvalue weighted by Gasteiger charge is 2.31. The van der Waals surface area contributed by atoms with Gasteiger partial charge in [0.25, 0.3) is 0 Å². The van der Waals surface area contributed by atoms with Gasteiger partial charge in [0.05, 0.1) is 12.1 Å². The van der Waals surface area contributed by atoms with E-state index in [0.717, 1.165) is 36.3 Å². The van der Waals surface area contributed by atoms with Crippen molar-refractivity contribution >= 4 is 41.7 Å². The van der Waals surface area contributed by atoms with Crippen LogP contribution in [0.15, 0.2) is 4.99 Å². The molecule has 1 saturated carbocycles. The first-order valence-corrected chi connectivity index (χ1v) is 10.5. The van der Waals surface area contributed by atoms with Crippen LogP contribution in [0.5, 0.6) is 0 Å². The maximum absolute atomic E-state index is 10.5. The lowest BCUT2D eigenvalue weighted by molar-refractivity contribution is 0.0778. The van der Waals surface area contributed by atoms with Gasteiger partial charge < -0.3 is 15.7 Å². The molecule has 3 atom stereocenters. The van der Waals surface area contributed by atoms with Gasteiger partial charge >= 0.3 is 0 Å². The van der Waals surface area contributed by atoms with Crippen molar-refractivity contribution in [2.24, 2.45) is 16.8 Å². The largest absolute Gasteiger partial charge is 0.387 e. The summed E-state index contributed by atoms with van der Waals surface area (Å²) in [5, 5.41) is 17.4. The minimum Gasteiger partial charge on any atom is -0.387 e. The zero-order valence-electron chi connectivity index (χ0n) is 15.5. The van der Waals surface area contributed by atoms with Gasteiger partial charge in [-0.15, -0.1) is 24.0 Å². The van der Waals surface area contributed by atoms with Gasteiger partial charge in [-0.05, 0) is 37.9 Å². The number of guanidine groups is 1. The molecule has 0 radical (unpaired) electrons. The quantitative estimate of drug-likeness (QED) is 0.316. The Morgan fingerprint density at radius 2 is 2.00 bits per heavy atom. The molecule has 1 aliphatic carbocycles. The van der Waals surface area contributed by atoms with E-state index >= 15 is 0 Å². The fourth-order valence-electron chi connectivity index (χ4n) is 3.68. The molecule has 1 saturated heterocycles. The number of thioether (sulfide) groups is 1. The smallest absolute Gasteiger partial charge is 0.191 e. The second-order valence-corrected chi connectivity index (χ2v) is 8.52. The molecule has 0 aromatic carbocycles. The highest BCUT2D eigenvalue weighted by molar-refractivity contribution is 14.0.